The SMILES string of the molecule is COCCn1cncc1CNC(=O)c1cnc2c(c1)ncn2-c1ccccc1. The van der Waals surface area contributed by atoms with Crippen molar-refractivity contribution in [1.82, 2.24) is 29.4 Å². The number of carbonyl (C=O) groups is 1. The molecule has 0 saturated heterocycles. The van der Waals surface area contributed by atoms with Crippen molar-refractivity contribution in [3.05, 3.63) is 72.7 Å². The average molecular weight is 376 g/mol. The number of carbonyl (C=O) groups excluding carboxylic acids is 1. The van der Waals surface area contributed by atoms with Gasteiger partial charge in [-0.15, -0.1) is 0 Å². The van der Waals surface area contributed by atoms with Crippen LogP contribution in [0.15, 0.2) is 61.4 Å². The summed E-state index contributed by atoms with van der Waals surface area (Å²) in [5.74, 6) is -0.205. The number of fused-ring (bicyclic) bond motifs is 1. The molecule has 142 valence electrons. The molecule has 28 heavy (non-hydrogen) atoms. The van der Waals surface area contributed by atoms with Crippen LogP contribution < -0.4 is 5.32 Å². The second-order valence-electron chi connectivity index (χ2n) is 6.27. The predicted molar refractivity (Wildman–Crippen MR) is 104 cm³/mol. The van der Waals surface area contributed by atoms with Crippen LogP contribution in [0.1, 0.15) is 16.1 Å². The maximum Gasteiger partial charge on any atom is 0.253 e. The third-order valence-electron chi connectivity index (χ3n) is 4.45. The van der Waals surface area contributed by atoms with Crippen molar-refractivity contribution in [2.45, 2.75) is 13.1 Å². The number of imidazole rings is 2. The molecule has 3 aromatic heterocycles. The Bertz CT molecular complexity index is 1090. The highest BCUT2D eigenvalue weighted by atomic mass is 16.5. The number of nitrogens with one attached hydrogen (secondary N) is 1. The lowest BCUT2D eigenvalue weighted by atomic mass is 10.2. The molecular weight excluding hydrogens is 356 g/mol. The molecule has 0 bridgehead atoms. The van der Waals surface area contributed by atoms with Crippen LogP contribution >= 0.6 is 0 Å². The zero-order chi connectivity index (χ0) is 19.3. The van der Waals surface area contributed by atoms with Crippen LogP contribution in [0.2, 0.25) is 0 Å². The molecule has 0 radical (unpaired) electrons. The molecule has 3 heterocycles. The first-order chi connectivity index (χ1) is 13.8. The highest BCUT2D eigenvalue weighted by Crippen LogP contribution is 2.17. The molecular formula is C20H20N6O2. The Morgan fingerprint density at radius 1 is 1.14 bits per heavy atom. The minimum absolute atomic E-state index is 0.205. The molecule has 0 aliphatic rings. The van der Waals surface area contributed by atoms with Crippen LogP contribution in [-0.2, 0) is 17.8 Å². The van der Waals surface area contributed by atoms with E-state index >= 15 is 0 Å². The van der Waals surface area contributed by atoms with Gasteiger partial charge in [-0.05, 0) is 18.2 Å². The summed E-state index contributed by atoms with van der Waals surface area (Å²) < 4.78 is 8.93. The van der Waals surface area contributed by atoms with Crippen molar-refractivity contribution in [2.24, 2.45) is 0 Å². The third kappa shape index (κ3) is 3.63. The van der Waals surface area contributed by atoms with Gasteiger partial charge in [-0.3, -0.25) is 9.36 Å². The van der Waals surface area contributed by atoms with Crippen LogP contribution in [0.3, 0.4) is 0 Å². The Morgan fingerprint density at radius 2 is 2.00 bits per heavy atom. The number of rotatable bonds is 7. The van der Waals surface area contributed by atoms with Gasteiger partial charge in [0.15, 0.2) is 5.65 Å². The summed E-state index contributed by atoms with van der Waals surface area (Å²) in [5, 5.41) is 2.91. The van der Waals surface area contributed by atoms with Gasteiger partial charge >= 0.3 is 0 Å². The van der Waals surface area contributed by atoms with Gasteiger partial charge in [0.05, 0.1) is 30.7 Å². The molecule has 1 N–H and O–H groups in total. The second-order valence-corrected chi connectivity index (χ2v) is 6.27. The minimum Gasteiger partial charge on any atom is -0.383 e. The third-order valence-corrected chi connectivity index (χ3v) is 4.45. The van der Waals surface area contributed by atoms with Crippen LogP contribution in [0.4, 0.5) is 0 Å². The van der Waals surface area contributed by atoms with E-state index in [0.717, 1.165) is 11.4 Å². The van der Waals surface area contributed by atoms with Crippen molar-refractivity contribution >= 4 is 17.1 Å². The van der Waals surface area contributed by atoms with E-state index < -0.39 is 0 Å². The topological polar surface area (TPSA) is 86.9 Å². The molecule has 0 unspecified atom stereocenters. The lowest BCUT2D eigenvalue weighted by Gasteiger charge is -2.09. The first kappa shape index (κ1) is 17.9. The lowest BCUT2D eigenvalue weighted by Crippen LogP contribution is -2.24. The van der Waals surface area contributed by atoms with Crippen molar-refractivity contribution in [2.75, 3.05) is 13.7 Å². The highest BCUT2D eigenvalue weighted by Gasteiger charge is 2.12. The van der Waals surface area contributed by atoms with E-state index in [1.54, 1.807) is 38.2 Å². The summed E-state index contributed by atoms with van der Waals surface area (Å²) in [4.78, 5) is 25.5. The largest absolute Gasteiger partial charge is 0.383 e. The van der Waals surface area contributed by atoms with Crippen molar-refractivity contribution in [1.29, 1.82) is 0 Å². The van der Waals surface area contributed by atoms with Crippen LogP contribution in [0, 0.1) is 0 Å². The van der Waals surface area contributed by atoms with E-state index in [0.29, 0.717) is 36.4 Å². The summed E-state index contributed by atoms with van der Waals surface area (Å²) in [6.45, 7) is 1.65. The number of nitrogens with zero attached hydrogens (tertiary/aromatic N) is 5. The molecule has 1 amide bonds. The van der Waals surface area contributed by atoms with Gasteiger partial charge in [-0.2, -0.15) is 0 Å². The maximum absolute atomic E-state index is 12.5. The number of pyridine rings is 1. The van der Waals surface area contributed by atoms with Gasteiger partial charge in [0, 0.05) is 31.7 Å². The Balaban J connectivity index is 1.49. The molecule has 0 aliphatic carbocycles. The zero-order valence-corrected chi connectivity index (χ0v) is 15.4. The molecule has 1 aromatic carbocycles. The summed E-state index contributed by atoms with van der Waals surface area (Å²) in [5.41, 5.74) is 3.72. The zero-order valence-electron chi connectivity index (χ0n) is 15.4. The van der Waals surface area contributed by atoms with E-state index in [2.05, 4.69) is 20.3 Å². The lowest BCUT2D eigenvalue weighted by molar-refractivity contribution is 0.0949. The maximum atomic E-state index is 12.5. The fourth-order valence-corrected chi connectivity index (χ4v) is 2.96. The number of methoxy groups -OCH3 is 1. The first-order valence-corrected chi connectivity index (χ1v) is 8.91. The molecule has 0 spiro atoms. The minimum atomic E-state index is -0.205. The van der Waals surface area contributed by atoms with Crippen LogP contribution in [-0.4, -0.2) is 43.7 Å². The standard InChI is InChI=1S/C20H20N6O2/c1-28-8-7-25-13-21-11-17(25)12-23-20(27)15-9-18-19(22-10-15)26(14-24-18)16-5-3-2-4-6-16/h2-6,9-11,13-14H,7-8,12H2,1H3,(H,23,27). The molecule has 8 nitrogen and oxygen atoms in total. The van der Waals surface area contributed by atoms with E-state index in [1.165, 1.54) is 0 Å². The van der Waals surface area contributed by atoms with Crippen LogP contribution in [0.25, 0.3) is 16.9 Å². The van der Waals surface area contributed by atoms with Gasteiger partial charge in [-0.1, -0.05) is 18.2 Å². The van der Waals surface area contributed by atoms with Crippen LogP contribution in [0.5, 0.6) is 0 Å². The van der Waals surface area contributed by atoms with Crippen molar-refractivity contribution in [3.8, 4) is 5.69 Å². The van der Waals surface area contributed by atoms with Gasteiger partial charge in [0.2, 0.25) is 0 Å². The first-order valence-electron chi connectivity index (χ1n) is 8.91. The van der Waals surface area contributed by atoms with E-state index in [-0.39, 0.29) is 5.91 Å². The second kappa shape index (κ2) is 8.01. The Morgan fingerprint density at radius 3 is 2.82 bits per heavy atom. The fourth-order valence-electron chi connectivity index (χ4n) is 2.96. The van der Waals surface area contributed by atoms with Gasteiger partial charge in [-0.25, -0.2) is 15.0 Å². The smallest absolute Gasteiger partial charge is 0.253 e. The normalized spacial score (nSPS) is 11.0. The number of hydrogen-bond acceptors (Lipinski definition) is 5. The number of hydrogen-bond donors (Lipinski definition) is 1. The number of amides is 1. The summed E-state index contributed by atoms with van der Waals surface area (Å²) in [6.07, 6.45) is 6.74. The molecule has 0 atom stereocenters. The monoisotopic (exact) mass is 376 g/mol. The van der Waals surface area contributed by atoms with Gasteiger partial charge < -0.3 is 14.6 Å². The molecule has 0 aliphatic heterocycles. The Kier molecular flexibility index (Phi) is 5.11. The Hall–Kier alpha value is -3.52. The quantitative estimate of drug-likeness (QED) is 0.534. The molecule has 4 aromatic rings. The number of aromatic nitrogens is 5. The average Bonchev–Trinajstić information content (AvgIpc) is 3.37. The molecule has 0 saturated carbocycles. The Labute approximate surface area is 161 Å². The highest BCUT2D eigenvalue weighted by molar-refractivity contribution is 5.96. The summed E-state index contributed by atoms with van der Waals surface area (Å²) >= 11 is 0. The van der Waals surface area contributed by atoms with Crippen molar-refractivity contribution in [3.63, 3.8) is 0 Å². The van der Waals surface area contributed by atoms with Gasteiger partial charge in [0.25, 0.3) is 5.91 Å². The number of ether oxygens (including phenoxy) is 1. The number of para-hydroxylation sites is 1. The molecule has 4 rings (SSSR count). The van der Waals surface area contributed by atoms with Gasteiger partial charge in [0.1, 0.15) is 11.8 Å². The molecule has 0 fully saturated rings. The summed E-state index contributed by atoms with van der Waals surface area (Å²) in [6, 6.07) is 11.6. The summed E-state index contributed by atoms with van der Waals surface area (Å²) in [7, 11) is 1.65. The predicted octanol–water partition coefficient (Wildman–Crippen LogP) is 2.19. The van der Waals surface area contributed by atoms with E-state index in [4.69, 9.17) is 4.74 Å². The number of benzene rings is 1. The molecule has 8 heteroatoms. The van der Waals surface area contributed by atoms with E-state index in [1.807, 2.05) is 39.5 Å². The van der Waals surface area contributed by atoms with E-state index in [9.17, 15) is 4.79 Å². The fraction of sp³-hybridized carbons (Fsp3) is 0.200. The van der Waals surface area contributed by atoms with Crippen molar-refractivity contribution < 1.29 is 9.53 Å².